The van der Waals surface area contributed by atoms with E-state index in [1.54, 1.807) is 11.8 Å². The highest BCUT2D eigenvalue weighted by atomic mass is 79.9. The number of aliphatic carboxylic acids is 1. The molecule has 0 fully saturated rings. The number of halogens is 1. The fraction of sp³-hybridized carbons (Fsp3) is 0.533. The molecule has 0 radical (unpaired) electrons. The zero-order valence-electron chi connectivity index (χ0n) is 12.0. The Morgan fingerprint density at radius 1 is 1.45 bits per heavy atom. The molecule has 0 saturated heterocycles. The van der Waals surface area contributed by atoms with Crippen molar-refractivity contribution in [3.63, 3.8) is 0 Å². The van der Waals surface area contributed by atoms with E-state index in [4.69, 9.17) is 0 Å². The van der Waals surface area contributed by atoms with Gasteiger partial charge in [-0.05, 0) is 49.8 Å². The van der Waals surface area contributed by atoms with Crippen LogP contribution in [0.4, 0.5) is 0 Å². The van der Waals surface area contributed by atoms with Crippen molar-refractivity contribution in [1.82, 2.24) is 5.32 Å². The van der Waals surface area contributed by atoms with Gasteiger partial charge in [-0.2, -0.15) is 0 Å². The lowest BCUT2D eigenvalue weighted by Gasteiger charge is -2.29. The zero-order valence-corrected chi connectivity index (χ0v) is 14.4. The molecule has 112 valence electrons. The molecule has 1 unspecified atom stereocenters. The van der Waals surface area contributed by atoms with Gasteiger partial charge >= 0.3 is 5.97 Å². The normalized spacial score (nSPS) is 13.9. The highest BCUT2D eigenvalue weighted by molar-refractivity contribution is 9.10. The minimum Gasteiger partial charge on any atom is -0.480 e. The summed E-state index contributed by atoms with van der Waals surface area (Å²) in [5.74, 6) is 0.186. The van der Waals surface area contributed by atoms with Gasteiger partial charge in [0, 0.05) is 9.37 Å². The number of thioether (sulfide) groups is 1. The molecular formula is C15H22BrNO2S. The van der Waals surface area contributed by atoms with Crippen LogP contribution < -0.4 is 5.32 Å². The first kappa shape index (κ1) is 17.5. The predicted molar refractivity (Wildman–Crippen MR) is 88.4 cm³/mol. The van der Waals surface area contributed by atoms with Crippen LogP contribution in [-0.2, 0) is 4.79 Å². The van der Waals surface area contributed by atoms with Crippen molar-refractivity contribution in [2.75, 3.05) is 12.3 Å². The maximum Gasteiger partial charge on any atom is 0.323 e. The summed E-state index contributed by atoms with van der Waals surface area (Å²) < 4.78 is 1.07. The molecule has 0 heterocycles. The van der Waals surface area contributed by atoms with Crippen LogP contribution in [-0.4, -0.2) is 28.9 Å². The van der Waals surface area contributed by atoms with Crippen LogP contribution in [0, 0.1) is 0 Å². The Morgan fingerprint density at radius 2 is 2.20 bits per heavy atom. The molecule has 5 heteroatoms. The van der Waals surface area contributed by atoms with Crippen molar-refractivity contribution in [3.8, 4) is 0 Å². The summed E-state index contributed by atoms with van der Waals surface area (Å²) in [5.41, 5.74) is -0.771. The van der Waals surface area contributed by atoms with Gasteiger partial charge in [-0.25, -0.2) is 0 Å². The second-order valence-corrected chi connectivity index (χ2v) is 6.76. The number of hydrogen-bond donors (Lipinski definition) is 2. The molecule has 3 nitrogen and oxygen atoms in total. The average Bonchev–Trinajstić information content (AvgIpc) is 2.42. The van der Waals surface area contributed by atoms with Gasteiger partial charge in [0.05, 0.1) is 0 Å². The van der Waals surface area contributed by atoms with E-state index in [9.17, 15) is 9.90 Å². The molecule has 0 bridgehead atoms. The lowest BCUT2D eigenvalue weighted by Crippen LogP contribution is -2.51. The van der Waals surface area contributed by atoms with Crippen molar-refractivity contribution in [2.45, 2.75) is 43.5 Å². The standard InChI is InChI=1S/C15H22BrNO2S/c1-3-15(14(18)19,17-4-2)9-6-10-20-13-8-5-7-12(16)11-13/h5,7-8,11,17H,3-4,6,9-10H2,1-2H3,(H,18,19). The molecule has 0 spiro atoms. The van der Waals surface area contributed by atoms with Crippen LogP contribution in [0.5, 0.6) is 0 Å². The Labute approximate surface area is 133 Å². The van der Waals surface area contributed by atoms with Gasteiger partial charge in [-0.1, -0.05) is 35.8 Å². The van der Waals surface area contributed by atoms with Gasteiger partial charge in [0.1, 0.15) is 5.54 Å². The monoisotopic (exact) mass is 359 g/mol. The summed E-state index contributed by atoms with van der Waals surface area (Å²) >= 11 is 5.22. The predicted octanol–water partition coefficient (Wildman–Crippen LogP) is 4.16. The molecule has 0 aromatic heterocycles. The Bertz CT molecular complexity index is 442. The fourth-order valence-corrected chi connectivity index (χ4v) is 3.64. The maximum absolute atomic E-state index is 11.5. The molecule has 2 N–H and O–H groups in total. The summed E-state index contributed by atoms with van der Waals surface area (Å²) in [6.07, 6.45) is 2.15. The molecule has 0 saturated carbocycles. The second-order valence-electron chi connectivity index (χ2n) is 4.68. The van der Waals surface area contributed by atoms with Crippen LogP contribution in [0.1, 0.15) is 33.1 Å². The molecular weight excluding hydrogens is 338 g/mol. The third kappa shape index (κ3) is 5.11. The van der Waals surface area contributed by atoms with Crippen LogP contribution in [0.3, 0.4) is 0 Å². The van der Waals surface area contributed by atoms with Crippen molar-refractivity contribution in [2.24, 2.45) is 0 Å². The van der Waals surface area contributed by atoms with E-state index in [-0.39, 0.29) is 0 Å². The fourth-order valence-electron chi connectivity index (χ4n) is 2.18. The number of benzene rings is 1. The molecule has 0 amide bonds. The molecule has 20 heavy (non-hydrogen) atoms. The maximum atomic E-state index is 11.5. The van der Waals surface area contributed by atoms with Crippen molar-refractivity contribution in [3.05, 3.63) is 28.7 Å². The van der Waals surface area contributed by atoms with Crippen LogP contribution in [0.25, 0.3) is 0 Å². The van der Waals surface area contributed by atoms with Gasteiger partial charge in [0.2, 0.25) is 0 Å². The third-order valence-electron chi connectivity index (χ3n) is 3.34. The minimum atomic E-state index is -0.771. The Hall–Kier alpha value is -0.520. The van der Waals surface area contributed by atoms with E-state index in [0.717, 1.165) is 16.6 Å². The quantitative estimate of drug-likeness (QED) is 0.513. The van der Waals surface area contributed by atoms with Gasteiger partial charge in [-0.3, -0.25) is 4.79 Å². The summed E-state index contributed by atoms with van der Waals surface area (Å²) in [6.45, 7) is 4.56. The van der Waals surface area contributed by atoms with Gasteiger partial charge in [-0.15, -0.1) is 11.8 Å². The van der Waals surface area contributed by atoms with E-state index in [2.05, 4.69) is 33.4 Å². The smallest absolute Gasteiger partial charge is 0.323 e. The number of carbonyl (C=O) groups is 1. The number of rotatable bonds is 9. The minimum absolute atomic E-state index is 0.609. The van der Waals surface area contributed by atoms with Crippen molar-refractivity contribution in [1.29, 1.82) is 0 Å². The van der Waals surface area contributed by atoms with Gasteiger partial charge < -0.3 is 10.4 Å². The van der Waals surface area contributed by atoms with E-state index in [1.807, 2.05) is 26.0 Å². The van der Waals surface area contributed by atoms with Gasteiger partial charge in [0.15, 0.2) is 0 Å². The molecule has 1 atom stereocenters. The van der Waals surface area contributed by atoms with Crippen molar-refractivity contribution < 1.29 is 9.90 Å². The highest BCUT2D eigenvalue weighted by Crippen LogP contribution is 2.25. The topological polar surface area (TPSA) is 49.3 Å². The van der Waals surface area contributed by atoms with E-state index < -0.39 is 11.5 Å². The Kier molecular flexibility index (Phi) is 7.62. The molecule has 0 aliphatic rings. The first-order chi connectivity index (χ1) is 9.54. The summed E-state index contributed by atoms with van der Waals surface area (Å²) in [5, 5.41) is 12.6. The van der Waals surface area contributed by atoms with Crippen LogP contribution >= 0.6 is 27.7 Å². The van der Waals surface area contributed by atoms with E-state index in [0.29, 0.717) is 19.4 Å². The number of nitrogens with one attached hydrogen (secondary N) is 1. The van der Waals surface area contributed by atoms with Crippen LogP contribution in [0.2, 0.25) is 0 Å². The largest absolute Gasteiger partial charge is 0.480 e. The zero-order chi connectivity index (χ0) is 15.0. The highest BCUT2D eigenvalue weighted by Gasteiger charge is 2.34. The first-order valence-corrected chi connectivity index (χ1v) is 8.68. The number of likely N-dealkylation sites (N-methyl/N-ethyl adjacent to an activating group) is 1. The van der Waals surface area contributed by atoms with Gasteiger partial charge in [0.25, 0.3) is 0 Å². The number of carboxylic acids is 1. The molecule has 0 aliphatic heterocycles. The summed E-state index contributed by atoms with van der Waals surface area (Å²) in [6, 6.07) is 8.17. The molecule has 1 rings (SSSR count). The SMILES string of the molecule is CCNC(CC)(CCCSc1cccc(Br)c1)C(=O)O. The first-order valence-electron chi connectivity index (χ1n) is 6.91. The van der Waals surface area contributed by atoms with E-state index >= 15 is 0 Å². The molecule has 1 aromatic rings. The lowest BCUT2D eigenvalue weighted by atomic mass is 9.91. The molecule has 1 aromatic carbocycles. The van der Waals surface area contributed by atoms with Crippen molar-refractivity contribution >= 4 is 33.7 Å². The molecule has 0 aliphatic carbocycles. The summed E-state index contributed by atoms with van der Waals surface area (Å²) in [7, 11) is 0. The number of carboxylic acid groups (broad SMARTS) is 1. The van der Waals surface area contributed by atoms with E-state index in [1.165, 1.54) is 4.90 Å². The third-order valence-corrected chi connectivity index (χ3v) is 4.91. The Morgan fingerprint density at radius 3 is 2.75 bits per heavy atom. The second kappa shape index (κ2) is 8.70. The van der Waals surface area contributed by atoms with Crippen LogP contribution in [0.15, 0.2) is 33.6 Å². The average molecular weight is 360 g/mol. The summed E-state index contributed by atoms with van der Waals surface area (Å²) in [4.78, 5) is 12.7. The lowest BCUT2D eigenvalue weighted by molar-refractivity contribution is -0.145. The Balaban J connectivity index is 2.47. The number of hydrogen-bond acceptors (Lipinski definition) is 3.